The van der Waals surface area contributed by atoms with Crippen LogP contribution in [-0.4, -0.2) is 66.4 Å². The topological polar surface area (TPSA) is 117 Å². The zero-order valence-corrected chi connectivity index (χ0v) is 26.2. The maximum Gasteiger partial charge on any atom is 0.411 e. The van der Waals surface area contributed by atoms with E-state index in [0.29, 0.717) is 53.5 Å². The van der Waals surface area contributed by atoms with Crippen LogP contribution in [0, 0.1) is 12.7 Å². The number of hydrogen-bond donors (Lipinski definition) is 1. The molecule has 46 heavy (non-hydrogen) atoms. The number of morpholine rings is 1. The molecule has 1 saturated heterocycles. The molecule has 2 unspecified atom stereocenters. The number of imidazole rings is 1. The molecule has 236 valence electrons. The fourth-order valence-corrected chi connectivity index (χ4v) is 5.90. The first-order valence-electron chi connectivity index (χ1n) is 15.1. The Morgan fingerprint density at radius 1 is 1.07 bits per heavy atom. The van der Waals surface area contributed by atoms with Crippen LogP contribution in [-0.2, 0) is 16.5 Å². The van der Waals surface area contributed by atoms with Crippen LogP contribution in [0.4, 0.5) is 20.7 Å². The maximum atomic E-state index is 15.7. The first-order valence-corrected chi connectivity index (χ1v) is 15.1. The standard InChI is InChI=1S/C34H34FN7O4/c1-19-29(45-23-6-10-28-27(14-23)38-18-41(28)5)11-9-25(30(19)35)40-32-31-26(36-17-37-32)8-7-24(39-31)20-12-21-15-44-16-22(13-20)42(21)33(43)46-34(2,3)4/h6-12,14,17-18,21-22H,13,15-16H2,1-5H3,(H,36,37,40). The van der Waals surface area contributed by atoms with Gasteiger partial charge in [-0.2, -0.15) is 0 Å². The van der Waals surface area contributed by atoms with Gasteiger partial charge in [-0.15, -0.1) is 0 Å². The van der Waals surface area contributed by atoms with Gasteiger partial charge in [-0.3, -0.25) is 4.90 Å². The summed E-state index contributed by atoms with van der Waals surface area (Å²) in [5.41, 5.74) is 4.57. The Kier molecular flexibility index (Phi) is 7.31. The second-order valence-corrected chi connectivity index (χ2v) is 12.6. The minimum atomic E-state index is -0.597. The molecule has 1 fully saturated rings. The van der Waals surface area contributed by atoms with Crippen molar-refractivity contribution in [3.63, 3.8) is 0 Å². The van der Waals surface area contributed by atoms with Gasteiger partial charge >= 0.3 is 6.09 Å². The highest BCUT2D eigenvalue weighted by atomic mass is 19.1. The number of halogens is 1. The van der Waals surface area contributed by atoms with Crippen molar-refractivity contribution in [3.05, 3.63) is 78.3 Å². The fourth-order valence-electron chi connectivity index (χ4n) is 5.90. The van der Waals surface area contributed by atoms with Crippen molar-refractivity contribution >= 4 is 45.2 Å². The van der Waals surface area contributed by atoms with E-state index in [1.807, 2.05) is 68.8 Å². The van der Waals surface area contributed by atoms with Gasteiger partial charge < -0.3 is 24.1 Å². The normalized spacial score (nSPS) is 18.0. The summed E-state index contributed by atoms with van der Waals surface area (Å²) in [6, 6.07) is 12.2. The number of carbonyl (C=O) groups excluding carboxylic acids is 1. The summed E-state index contributed by atoms with van der Waals surface area (Å²) in [7, 11) is 1.92. The van der Waals surface area contributed by atoms with Gasteiger partial charge in [-0.1, -0.05) is 6.08 Å². The van der Waals surface area contributed by atoms with Gasteiger partial charge in [0.15, 0.2) is 11.6 Å². The summed E-state index contributed by atoms with van der Waals surface area (Å²) in [5.74, 6) is 0.861. The van der Waals surface area contributed by atoms with Crippen LogP contribution in [0.5, 0.6) is 11.5 Å². The van der Waals surface area contributed by atoms with Crippen molar-refractivity contribution in [2.24, 2.45) is 7.05 Å². The van der Waals surface area contributed by atoms with Gasteiger partial charge in [0.2, 0.25) is 0 Å². The average molecular weight is 624 g/mol. The van der Waals surface area contributed by atoms with E-state index in [1.165, 1.54) is 6.33 Å². The molecule has 12 heteroatoms. The lowest BCUT2D eigenvalue weighted by Crippen LogP contribution is -2.57. The molecule has 3 aromatic heterocycles. The van der Waals surface area contributed by atoms with Gasteiger partial charge in [0.05, 0.1) is 59.6 Å². The highest BCUT2D eigenvalue weighted by Crippen LogP contribution is 2.36. The third-order valence-corrected chi connectivity index (χ3v) is 8.13. The van der Waals surface area contributed by atoms with Crippen LogP contribution in [0.2, 0.25) is 0 Å². The third kappa shape index (κ3) is 5.60. The molecule has 0 aliphatic carbocycles. The van der Waals surface area contributed by atoms with E-state index in [9.17, 15) is 4.79 Å². The number of anilines is 2. The van der Waals surface area contributed by atoms with Crippen LogP contribution >= 0.6 is 0 Å². The van der Waals surface area contributed by atoms with Crippen LogP contribution in [0.3, 0.4) is 0 Å². The number of carbonyl (C=O) groups is 1. The second-order valence-electron chi connectivity index (χ2n) is 12.6. The molecule has 2 aromatic carbocycles. The number of aromatic nitrogens is 5. The Bertz CT molecular complexity index is 2020. The number of rotatable bonds is 5. The quantitative estimate of drug-likeness (QED) is 0.229. The molecule has 7 rings (SSSR count). The number of nitrogens with one attached hydrogen (secondary N) is 1. The number of amides is 1. The molecule has 2 bridgehead atoms. The van der Waals surface area contributed by atoms with E-state index in [1.54, 1.807) is 30.3 Å². The number of benzene rings is 2. The van der Waals surface area contributed by atoms with Gasteiger partial charge in [0.1, 0.15) is 28.9 Å². The number of hydrogen-bond acceptors (Lipinski definition) is 9. The Hall–Kier alpha value is -5.10. The van der Waals surface area contributed by atoms with Crippen molar-refractivity contribution in [1.82, 2.24) is 29.4 Å². The molecule has 1 N–H and O–H groups in total. The number of ether oxygens (including phenoxy) is 3. The summed E-state index contributed by atoms with van der Waals surface area (Å²) in [6.45, 7) is 8.02. The number of aryl methyl sites for hydroxylation is 1. The number of pyridine rings is 1. The summed E-state index contributed by atoms with van der Waals surface area (Å²) in [5, 5.41) is 3.12. The zero-order chi connectivity index (χ0) is 32.2. The lowest BCUT2D eigenvalue weighted by Gasteiger charge is -2.44. The van der Waals surface area contributed by atoms with E-state index >= 15 is 4.39 Å². The summed E-state index contributed by atoms with van der Waals surface area (Å²) >= 11 is 0. The van der Waals surface area contributed by atoms with Gasteiger partial charge in [-0.25, -0.2) is 29.1 Å². The van der Waals surface area contributed by atoms with E-state index in [-0.39, 0.29) is 23.9 Å². The third-order valence-electron chi connectivity index (χ3n) is 8.13. The summed E-state index contributed by atoms with van der Waals surface area (Å²) < 4.78 is 35.1. The summed E-state index contributed by atoms with van der Waals surface area (Å²) in [4.78, 5) is 32.9. The minimum absolute atomic E-state index is 0.181. The molecule has 2 aliphatic rings. The highest BCUT2D eigenvalue weighted by molar-refractivity contribution is 5.89. The van der Waals surface area contributed by atoms with Crippen molar-refractivity contribution in [2.45, 2.75) is 51.8 Å². The van der Waals surface area contributed by atoms with E-state index < -0.39 is 11.4 Å². The van der Waals surface area contributed by atoms with Crippen molar-refractivity contribution in [3.8, 4) is 11.5 Å². The van der Waals surface area contributed by atoms with E-state index in [2.05, 4.69) is 20.3 Å². The molecule has 2 atom stereocenters. The van der Waals surface area contributed by atoms with Crippen LogP contribution in [0.25, 0.3) is 27.6 Å². The predicted octanol–water partition coefficient (Wildman–Crippen LogP) is 6.69. The number of nitrogens with zero attached hydrogens (tertiary/aromatic N) is 6. The van der Waals surface area contributed by atoms with Crippen molar-refractivity contribution < 1.29 is 23.4 Å². The Morgan fingerprint density at radius 2 is 1.91 bits per heavy atom. The summed E-state index contributed by atoms with van der Waals surface area (Å²) in [6.07, 6.45) is 5.37. The fraction of sp³-hybridized carbons (Fsp3) is 0.324. The average Bonchev–Trinajstić information content (AvgIpc) is 3.38. The smallest absolute Gasteiger partial charge is 0.411 e. The van der Waals surface area contributed by atoms with Gasteiger partial charge in [-0.05, 0) is 76.1 Å². The molecule has 5 heterocycles. The second kappa shape index (κ2) is 11.4. The SMILES string of the molecule is Cc1c(Oc2ccc3c(c2)ncn3C)ccc(Nc2ncnc3ccc(C4=CC5COCC(C4)N5C(=O)OC(C)(C)C)nc23)c1F. The largest absolute Gasteiger partial charge is 0.457 e. The molecule has 2 aliphatic heterocycles. The predicted molar refractivity (Wildman–Crippen MR) is 172 cm³/mol. The molecule has 5 aromatic rings. The molecular formula is C34H34FN7O4. The first-order chi connectivity index (χ1) is 22.0. The van der Waals surface area contributed by atoms with Gasteiger partial charge in [0.25, 0.3) is 0 Å². The minimum Gasteiger partial charge on any atom is -0.457 e. The molecule has 11 nitrogen and oxygen atoms in total. The Morgan fingerprint density at radius 3 is 2.72 bits per heavy atom. The van der Waals surface area contributed by atoms with Crippen LogP contribution < -0.4 is 10.1 Å². The molecule has 0 spiro atoms. The monoisotopic (exact) mass is 623 g/mol. The molecule has 0 radical (unpaired) electrons. The van der Waals surface area contributed by atoms with Crippen molar-refractivity contribution in [1.29, 1.82) is 0 Å². The van der Waals surface area contributed by atoms with Crippen LogP contribution in [0.15, 0.2) is 61.2 Å². The molecule has 1 amide bonds. The lowest BCUT2D eigenvalue weighted by molar-refractivity contribution is -0.0511. The van der Waals surface area contributed by atoms with E-state index in [0.717, 1.165) is 22.3 Å². The highest BCUT2D eigenvalue weighted by Gasteiger charge is 2.40. The maximum absolute atomic E-state index is 15.7. The zero-order valence-electron chi connectivity index (χ0n) is 26.2. The van der Waals surface area contributed by atoms with E-state index in [4.69, 9.17) is 19.2 Å². The molecule has 0 saturated carbocycles. The Labute approximate surface area is 265 Å². The van der Waals surface area contributed by atoms with Gasteiger partial charge in [0, 0.05) is 18.7 Å². The lowest BCUT2D eigenvalue weighted by atomic mass is 9.92. The Balaban J connectivity index is 1.15. The molecular weight excluding hydrogens is 589 g/mol. The van der Waals surface area contributed by atoms with Crippen molar-refractivity contribution in [2.75, 3.05) is 18.5 Å². The number of fused-ring (bicyclic) bond motifs is 4. The first kappa shape index (κ1) is 29.6. The van der Waals surface area contributed by atoms with Crippen LogP contribution in [0.1, 0.15) is 38.4 Å².